The number of fused-ring (bicyclic) bond motifs is 1. The molecule has 19 heavy (non-hydrogen) atoms. The van der Waals surface area contributed by atoms with Crippen LogP contribution >= 0.6 is 34.9 Å². The minimum absolute atomic E-state index is 0.125. The number of hydrogen-bond acceptors (Lipinski definition) is 5. The van der Waals surface area contributed by atoms with E-state index in [9.17, 15) is 0 Å². The van der Waals surface area contributed by atoms with E-state index >= 15 is 0 Å². The molecule has 0 aliphatic heterocycles. The summed E-state index contributed by atoms with van der Waals surface area (Å²) in [7, 11) is 0. The van der Waals surface area contributed by atoms with E-state index in [4.69, 9.17) is 22.3 Å². The summed E-state index contributed by atoms with van der Waals surface area (Å²) in [4.78, 5) is 1.20. The Kier molecular flexibility index (Phi) is 4.73. The average Bonchev–Trinajstić information content (AvgIpc) is 2.71. The molecule has 100 valence electrons. The molecule has 0 atom stereocenters. The summed E-state index contributed by atoms with van der Waals surface area (Å²) in [5.41, 5.74) is 12.0. The molecule has 6 N–H and O–H groups in total. The highest BCUT2D eigenvalue weighted by atomic mass is 32.2. The fraction of sp³-hybridized carbons (Fsp3) is 0.167. The maximum atomic E-state index is 7.33. The van der Waals surface area contributed by atoms with E-state index in [1.807, 2.05) is 12.1 Å². The SMILES string of the molecule is N=C(N)SCc1sc2ccccc2c1CSC(=N)N. The summed E-state index contributed by atoms with van der Waals surface area (Å²) < 4.78 is 1.22. The van der Waals surface area contributed by atoms with Crippen molar-refractivity contribution in [1.29, 1.82) is 10.8 Å². The quantitative estimate of drug-likeness (QED) is 0.515. The number of rotatable bonds is 4. The predicted molar refractivity (Wildman–Crippen MR) is 88.2 cm³/mol. The summed E-state index contributed by atoms with van der Waals surface area (Å²) in [5, 5.41) is 16.1. The molecule has 0 aliphatic rings. The first-order valence-electron chi connectivity index (χ1n) is 5.51. The third kappa shape index (κ3) is 3.65. The van der Waals surface area contributed by atoms with Crippen LogP contribution in [0, 0.1) is 10.8 Å². The van der Waals surface area contributed by atoms with Crippen LogP contribution in [0.4, 0.5) is 0 Å². The Bertz CT molecular complexity index is 620. The zero-order valence-electron chi connectivity index (χ0n) is 10.1. The summed E-state index contributed by atoms with van der Waals surface area (Å²) >= 11 is 4.37. The largest absolute Gasteiger partial charge is 0.379 e. The number of thiophene rings is 1. The Morgan fingerprint density at radius 3 is 2.37 bits per heavy atom. The van der Waals surface area contributed by atoms with Crippen LogP contribution in [-0.4, -0.2) is 10.3 Å². The first-order chi connectivity index (χ1) is 9.08. The molecular weight excluding hydrogens is 296 g/mol. The van der Waals surface area contributed by atoms with Crippen molar-refractivity contribution in [3.63, 3.8) is 0 Å². The lowest BCUT2D eigenvalue weighted by molar-refractivity contribution is 1.39. The van der Waals surface area contributed by atoms with Crippen molar-refractivity contribution >= 4 is 55.3 Å². The van der Waals surface area contributed by atoms with Crippen LogP contribution in [-0.2, 0) is 11.5 Å². The molecule has 0 bridgehead atoms. The zero-order valence-corrected chi connectivity index (χ0v) is 12.6. The lowest BCUT2D eigenvalue weighted by atomic mass is 10.1. The fourth-order valence-electron chi connectivity index (χ4n) is 1.72. The molecule has 0 radical (unpaired) electrons. The average molecular weight is 310 g/mol. The smallest absolute Gasteiger partial charge is 0.151 e. The number of benzene rings is 1. The molecule has 0 unspecified atom stereocenters. The van der Waals surface area contributed by atoms with Gasteiger partial charge in [-0.3, -0.25) is 10.8 Å². The second kappa shape index (κ2) is 6.31. The highest BCUT2D eigenvalue weighted by molar-refractivity contribution is 8.13. The van der Waals surface area contributed by atoms with E-state index in [-0.39, 0.29) is 10.3 Å². The standard InChI is InChI=1S/C12H14N4S3/c13-11(14)17-5-8-7-3-1-2-4-9(7)19-10(8)6-18-12(15)16/h1-4H,5-6H2,(H3,13,14)(H3,15,16). The molecule has 2 rings (SSSR count). The summed E-state index contributed by atoms with van der Waals surface area (Å²) in [6, 6.07) is 8.20. The van der Waals surface area contributed by atoms with Crippen molar-refractivity contribution in [2.24, 2.45) is 11.5 Å². The topological polar surface area (TPSA) is 99.7 Å². The molecule has 0 saturated heterocycles. The van der Waals surface area contributed by atoms with Gasteiger partial charge in [-0.25, -0.2) is 0 Å². The maximum Gasteiger partial charge on any atom is 0.151 e. The zero-order chi connectivity index (χ0) is 13.8. The molecule has 1 heterocycles. The van der Waals surface area contributed by atoms with Gasteiger partial charge in [0.2, 0.25) is 0 Å². The monoisotopic (exact) mass is 310 g/mol. The Labute approximate surface area is 124 Å². The van der Waals surface area contributed by atoms with Gasteiger partial charge in [0, 0.05) is 21.1 Å². The summed E-state index contributed by atoms with van der Waals surface area (Å²) in [5.74, 6) is 1.38. The minimum Gasteiger partial charge on any atom is -0.379 e. The molecular formula is C12H14N4S3. The fourth-order valence-corrected chi connectivity index (χ4v) is 4.33. The van der Waals surface area contributed by atoms with Gasteiger partial charge >= 0.3 is 0 Å². The van der Waals surface area contributed by atoms with Crippen LogP contribution in [0.5, 0.6) is 0 Å². The highest BCUT2D eigenvalue weighted by Gasteiger charge is 2.12. The highest BCUT2D eigenvalue weighted by Crippen LogP contribution is 2.35. The molecule has 1 aromatic heterocycles. The van der Waals surface area contributed by atoms with Gasteiger partial charge in [0.05, 0.1) is 0 Å². The number of nitrogens with two attached hydrogens (primary N) is 2. The number of nitrogens with one attached hydrogen (secondary N) is 2. The van der Waals surface area contributed by atoms with Crippen LogP contribution in [0.1, 0.15) is 10.4 Å². The van der Waals surface area contributed by atoms with Crippen molar-refractivity contribution < 1.29 is 0 Å². The molecule has 1 aromatic carbocycles. The third-order valence-electron chi connectivity index (χ3n) is 2.51. The first kappa shape index (κ1) is 14.2. The van der Waals surface area contributed by atoms with Crippen LogP contribution in [0.25, 0.3) is 10.1 Å². The maximum absolute atomic E-state index is 7.33. The molecule has 0 fully saturated rings. The van der Waals surface area contributed by atoms with E-state index < -0.39 is 0 Å². The molecule has 0 saturated carbocycles. The Morgan fingerprint density at radius 2 is 1.68 bits per heavy atom. The van der Waals surface area contributed by atoms with Gasteiger partial charge in [-0.15, -0.1) is 11.3 Å². The van der Waals surface area contributed by atoms with Gasteiger partial charge in [0.1, 0.15) is 0 Å². The van der Waals surface area contributed by atoms with Crippen LogP contribution in [0.15, 0.2) is 24.3 Å². The Morgan fingerprint density at radius 1 is 1.05 bits per heavy atom. The van der Waals surface area contributed by atoms with Gasteiger partial charge < -0.3 is 11.5 Å². The van der Waals surface area contributed by atoms with Gasteiger partial charge in [-0.1, -0.05) is 41.7 Å². The van der Waals surface area contributed by atoms with Gasteiger partial charge in [0.25, 0.3) is 0 Å². The van der Waals surface area contributed by atoms with E-state index in [1.165, 1.54) is 44.1 Å². The lowest BCUT2D eigenvalue weighted by Crippen LogP contribution is -2.05. The second-order valence-corrected chi connectivity index (χ2v) is 6.98. The van der Waals surface area contributed by atoms with Gasteiger partial charge in [0.15, 0.2) is 10.3 Å². The van der Waals surface area contributed by atoms with Crippen LogP contribution < -0.4 is 11.5 Å². The molecule has 0 spiro atoms. The van der Waals surface area contributed by atoms with Crippen molar-refractivity contribution in [1.82, 2.24) is 0 Å². The van der Waals surface area contributed by atoms with E-state index in [0.29, 0.717) is 11.5 Å². The Hall–Kier alpha value is -1.18. The first-order valence-corrected chi connectivity index (χ1v) is 8.29. The minimum atomic E-state index is 0.125. The normalized spacial score (nSPS) is 10.7. The summed E-state index contributed by atoms with van der Waals surface area (Å²) in [6.07, 6.45) is 0. The van der Waals surface area contributed by atoms with Gasteiger partial charge in [-0.2, -0.15) is 0 Å². The van der Waals surface area contributed by atoms with Crippen molar-refractivity contribution in [3.05, 3.63) is 34.7 Å². The van der Waals surface area contributed by atoms with E-state index in [1.54, 1.807) is 11.3 Å². The predicted octanol–water partition coefficient (Wildman–Crippen LogP) is 3.15. The van der Waals surface area contributed by atoms with E-state index in [0.717, 1.165) is 0 Å². The molecule has 0 amide bonds. The summed E-state index contributed by atoms with van der Waals surface area (Å²) in [6.45, 7) is 0. The molecule has 7 heteroatoms. The van der Waals surface area contributed by atoms with Gasteiger partial charge in [-0.05, 0) is 17.0 Å². The molecule has 4 nitrogen and oxygen atoms in total. The molecule has 0 aliphatic carbocycles. The Balaban J connectivity index is 2.33. The lowest BCUT2D eigenvalue weighted by Gasteiger charge is -2.03. The van der Waals surface area contributed by atoms with Crippen molar-refractivity contribution in [3.8, 4) is 0 Å². The third-order valence-corrected chi connectivity index (χ3v) is 5.40. The second-order valence-electron chi connectivity index (χ2n) is 3.81. The van der Waals surface area contributed by atoms with Crippen LogP contribution in [0.3, 0.4) is 0 Å². The van der Waals surface area contributed by atoms with Crippen LogP contribution in [0.2, 0.25) is 0 Å². The van der Waals surface area contributed by atoms with Crippen molar-refractivity contribution in [2.45, 2.75) is 11.5 Å². The number of hydrogen-bond donors (Lipinski definition) is 4. The molecule has 2 aromatic rings. The number of amidine groups is 2. The van der Waals surface area contributed by atoms with E-state index in [2.05, 4.69) is 12.1 Å². The number of thioether (sulfide) groups is 2. The van der Waals surface area contributed by atoms with Crippen molar-refractivity contribution in [2.75, 3.05) is 0 Å².